The molecule has 136 valence electrons. The van der Waals surface area contributed by atoms with Gasteiger partial charge >= 0.3 is 34.2 Å². The molecule has 4 atom stereocenters. The molecule has 0 aromatic carbocycles. The molecule has 0 N–H and O–H groups in total. The van der Waals surface area contributed by atoms with Gasteiger partial charge in [0, 0.05) is 5.54 Å². The highest BCUT2D eigenvalue weighted by Crippen LogP contribution is 2.56. The lowest BCUT2D eigenvalue weighted by atomic mass is 10.3. The normalized spacial score (nSPS) is 51.1. The summed E-state index contributed by atoms with van der Waals surface area (Å²) in [5, 5.41) is 0. The summed E-state index contributed by atoms with van der Waals surface area (Å²) < 4.78 is 27.2. The maximum Gasteiger partial charge on any atom is 0.320 e. The first-order valence-corrected chi connectivity index (χ1v) is 19.3. The Kier molecular flexibility index (Phi) is 5.91. The first-order chi connectivity index (χ1) is 10.6. The van der Waals surface area contributed by atoms with Crippen LogP contribution >= 0.6 is 0 Å². The van der Waals surface area contributed by atoms with Crippen molar-refractivity contribution in [1.29, 1.82) is 0 Å². The van der Waals surface area contributed by atoms with E-state index in [1.54, 1.807) is 0 Å². The van der Waals surface area contributed by atoms with Gasteiger partial charge in [0.25, 0.3) is 0 Å². The summed E-state index contributed by atoms with van der Waals surface area (Å²) in [6, 6.07) is 2.90. The minimum absolute atomic E-state index is 0.629. The number of rotatable bonds is 5. The van der Waals surface area contributed by atoms with Gasteiger partial charge in [0.2, 0.25) is 0 Å². The Morgan fingerprint density at radius 3 is 1.39 bits per heavy atom. The molecule has 1 saturated heterocycles. The van der Waals surface area contributed by atoms with E-state index in [2.05, 4.69) is 53.9 Å². The molecule has 1 saturated carbocycles. The summed E-state index contributed by atoms with van der Waals surface area (Å²) in [7, 11) is -8.93. The van der Waals surface area contributed by atoms with Crippen LogP contribution in [0, 0.1) is 5.92 Å². The summed E-state index contributed by atoms with van der Waals surface area (Å²) in [6.07, 6.45) is 2.50. The van der Waals surface area contributed by atoms with Gasteiger partial charge in [-0.3, -0.25) is 0 Å². The van der Waals surface area contributed by atoms with Crippen LogP contribution in [0.5, 0.6) is 0 Å². The molecule has 8 heteroatoms. The van der Waals surface area contributed by atoms with Crippen molar-refractivity contribution in [1.82, 2.24) is 0 Å². The Labute approximate surface area is 147 Å². The van der Waals surface area contributed by atoms with E-state index in [-0.39, 0.29) is 0 Å². The van der Waals surface area contributed by atoms with Gasteiger partial charge in [0.05, 0.1) is 0 Å². The van der Waals surface area contributed by atoms with Crippen molar-refractivity contribution in [2.75, 3.05) is 0 Å². The van der Waals surface area contributed by atoms with E-state index in [4.69, 9.17) is 16.5 Å². The standard InChI is InChI=1S/C15H36O4Si4/c1-9-14-13-15(14)23(8)18-21(6,11-3)16-20(5,10-2)17-22(7,12-4)19-23/h14-15H,9-13H2,1-8H3. The van der Waals surface area contributed by atoms with Gasteiger partial charge in [-0.25, -0.2) is 0 Å². The molecule has 0 spiro atoms. The van der Waals surface area contributed by atoms with E-state index >= 15 is 0 Å². The van der Waals surface area contributed by atoms with Gasteiger partial charge in [0.15, 0.2) is 0 Å². The predicted octanol–water partition coefficient (Wildman–Crippen LogP) is 5.21. The molecule has 1 aliphatic carbocycles. The Hall–Kier alpha value is 0.708. The number of hydrogen-bond acceptors (Lipinski definition) is 4. The van der Waals surface area contributed by atoms with Crippen molar-refractivity contribution in [2.45, 2.75) is 90.4 Å². The zero-order valence-corrected chi connectivity index (χ0v) is 20.3. The Morgan fingerprint density at radius 1 is 0.696 bits per heavy atom. The summed E-state index contributed by atoms with van der Waals surface area (Å²) in [4.78, 5) is 0. The molecule has 0 aromatic rings. The average Bonchev–Trinajstić information content (AvgIpc) is 3.26. The van der Waals surface area contributed by atoms with E-state index in [9.17, 15) is 0 Å². The van der Waals surface area contributed by atoms with Crippen LogP contribution in [-0.2, 0) is 16.5 Å². The van der Waals surface area contributed by atoms with E-state index < -0.39 is 34.2 Å². The smallest absolute Gasteiger partial charge is 0.320 e. The Balaban J connectivity index is 2.35. The molecular weight excluding hydrogens is 357 g/mol. The lowest BCUT2D eigenvalue weighted by Crippen LogP contribution is -2.67. The van der Waals surface area contributed by atoms with Crippen LogP contribution in [-0.4, -0.2) is 34.2 Å². The summed E-state index contributed by atoms with van der Waals surface area (Å²) in [6.45, 7) is 17.8. The van der Waals surface area contributed by atoms with E-state index in [1.165, 1.54) is 12.8 Å². The molecule has 2 aliphatic rings. The summed E-state index contributed by atoms with van der Waals surface area (Å²) in [5.41, 5.74) is 0.629. The van der Waals surface area contributed by atoms with Gasteiger partial charge in [-0.05, 0) is 56.7 Å². The van der Waals surface area contributed by atoms with Crippen LogP contribution in [0.25, 0.3) is 0 Å². The molecule has 1 heterocycles. The number of hydrogen-bond donors (Lipinski definition) is 0. The SMILES string of the molecule is CCC1CC1[Si]1(C)O[Si](C)(CC)O[Si](C)(CC)O[Si](C)(CC)O1. The van der Waals surface area contributed by atoms with Gasteiger partial charge in [-0.1, -0.05) is 34.1 Å². The maximum absolute atomic E-state index is 6.89. The van der Waals surface area contributed by atoms with Crippen molar-refractivity contribution in [3.05, 3.63) is 0 Å². The molecule has 0 radical (unpaired) electrons. The van der Waals surface area contributed by atoms with Crippen molar-refractivity contribution < 1.29 is 16.5 Å². The van der Waals surface area contributed by atoms with Crippen molar-refractivity contribution in [2.24, 2.45) is 5.92 Å². The van der Waals surface area contributed by atoms with Gasteiger partial charge in [-0.15, -0.1) is 0 Å². The average molecular weight is 393 g/mol. The third-order valence-electron chi connectivity index (χ3n) is 5.75. The van der Waals surface area contributed by atoms with Crippen molar-refractivity contribution in [3.8, 4) is 0 Å². The van der Waals surface area contributed by atoms with Crippen LogP contribution in [0.4, 0.5) is 0 Å². The summed E-state index contributed by atoms with van der Waals surface area (Å²) in [5.74, 6) is 0.783. The highest BCUT2D eigenvalue weighted by Gasteiger charge is 2.62. The van der Waals surface area contributed by atoms with E-state index in [1.807, 2.05) is 0 Å². The second-order valence-corrected chi connectivity index (χ2v) is 22.9. The quantitative estimate of drug-likeness (QED) is 0.601. The lowest BCUT2D eigenvalue weighted by Gasteiger charge is -2.50. The third-order valence-corrected chi connectivity index (χ3v) is 25.3. The topological polar surface area (TPSA) is 36.9 Å². The van der Waals surface area contributed by atoms with Gasteiger partial charge in [-0.2, -0.15) is 0 Å². The largest absolute Gasteiger partial charge is 0.416 e. The monoisotopic (exact) mass is 392 g/mol. The zero-order chi connectivity index (χ0) is 17.5. The predicted molar refractivity (Wildman–Crippen MR) is 104 cm³/mol. The second-order valence-electron chi connectivity index (χ2n) is 7.90. The lowest BCUT2D eigenvalue weighted by molar-refractivity contribution is 0.222. The molecule has 4 nitrogen and oxygen atoms in total. The minimum Gasteiger partial charge on any atom is -0.416 e. The highest BCUT2D eigenvalue weighted by atomic mass is 28.5. The van der Waals surface area contributed by atoms with Gasteiger partial charge in [0.1, 0.15) is 0 Å². The molecule has 2 rings (SSSR count). The molecule has 0 bridgehead atoms. The molecule has 23 heavy (non-hydrogen) atoms. The first kappa shape index (κ1) is 20.0. The fourth-order valence-electron chi connectivity index (χ4n) is 3.78. The fraction of sp³-hybridized carbons (Fsp3) is 1.00. The van der Waals surface area contributed by atoms with E-state index in [0.29, 0.717) is 5.54 Å². The second kappa shape index (κ2) is 6.79. The van der Waals surface area contributed by atoms with Crippen LogP contribution < -0.4 is 0 Å². The minimum atomic E-state index is -2.26. The highest BCUT2D eigenvalue weighted by molar-refractivity contribution is 6.94. The zero-order valence-electron chi connectivity index (χ0n) is 16.3. The molecule has 1 aliphatic heterocycles. The van der Waals surface area contributed by atoms with E-state index in [0.717, 1.165) is 24.1 Å². The summed E-state index contributed by atoms with van der Waals surface area (Å²) >= 11 is 0. The van der Waals surface area contributed by atoms with Crippen LogP contribution in [0.2, 0.25) is 49.9 Å². The van der Waals surface area contributed by atoms with Crippen LogP contribution in [0.1, 0.15) is 40.5 Å². The third kappa shape index (κ3) is 4.28. The fourth-order valence-corrected chi connectivity index (χ4v) is 26.6. The van der Waals surface area contributed by atoms with Crippen molar-refractivity contribution >= 4 is 34.2 Å². The molecule has 0 aromatic heterocycles. The van der Waals surface area contributed by atoms with Crippen LogP contribution in [0.3, 0.4) is 0 Å². The Morgan fingerprint density at radius 2 is 1.09 bits per heavy atom. The van der Waals surface area contributed by atoms with Gasteiger partial charge < -0.3 is 16.5 Å². The maximum atomic E-state index is 6.89. The Bertz CT molecular complexity index is 416. The van der Waals surface area contributed by atoms with Crippen LogP contribution in [0.15, 0.2) is 0 Å². The molecular formula is C15H36O4Si4. The van der Waals surface area contributed by atoms with Crippen molar-refractivity contribution in [3.63, 3.8) is 0 Å². The molecule has 0 amide bonds. The molecule has 4 unspecified atom stereocenters. The molecule has 2 fully saturated rings. The first-order valence-electron chi connectivity index (χ1n) is 9.37.